The van der Waals surface area contributed by atoms with Crippen molar-refractivity contribution in [2.24, 2.45) is 0 Å². The van der Waals surface area contributed by atoms with Crippen LogP contribution in [-0.4, -0.2) is 22.2 Å². The molecule has 1 aliphatic heterocycles. The van der Waals surface area contributed by atoms with Gasteiger partial charge in [0.1, 0.15) is 0 Å². The minimum absolute atomic E-state index is 0.0793. The molecule has 1 aliphatic rings. The maximum Gasteiger partial charge on any atom is 0.335 e. The lowest BCUT2D eigenvalue weighted by Gasteiger charge is -1.97. The Morgan fingerprint density at radius 3 is 2.82 bits per heavy atom. The summed E-state index contributed by atoms with van der Waals surface area (Å²) in [6, 6.07) is 6.27. The van der Waals surface area contributed by atoms with Crippen molar-refractivity contribution >= 4 is 34.9 Å². The summed E-state index contributed by atoms with van der Waals surface area (Å²) < 4.78 is 0. The topological polar surface area (TPSA) is 90.3 Å². The van der Waals surface area contributed by atoms with Crippen LogP contribution in [0.3, 0.4) is 0 Å². The molecular weight excluding hydrogens is 240 g/mol. The van der Waals surface area contributed by atoms with E-state index in [1.165, 1.54) is 12.1 Å². The summed E-state index contributed by atoms with van der Waals surface area (Å²) in [6.07, 6.45) is 1.56. The Morgan fingerprint density at radius 2 is 2.24 bits per heavy atom. The molecule has 5 nitrogen and oxygen atoms in total. The van der Waals surface area contributed by atoms with Crippen molar-refractivity contribution in [3.8, 4) is 0 Å². The number of carboxylic acid groups (broad SMARTS) is 1. The Bertz CT molecular complexity index is 551. The van der Waals surface area contributed by atoms with Gasteiger partial charge in [0, 0.05) is 0 Å². The van der Waals surface area contributed by atoms with Crippen LogP contribution in [0.4, 0.5) is 0 Å². The van der Waals surface area contributed by atoms with Gasteiger partial charge in [0.05, 0.1) is 10.5 Å². The highest BCUT2D eigenvalue weighted by molar-refractivity contribution is 8.18. The van der Waals surface area contributed by atoms with Crippen LogP contribution in [0, 0.1) is 5.41 Å². The van der Waals surface area contributed by atoms with Crippen LogP contribution < -0.4 is 5.32 Å². The number of hydrogen-bond donors (Lipinski definition) is 3. The molecule has 0 atom stereocenters. The number of aromatic carboxylic acids is 1. The van der Waals surface area contributed by atoms with Gasteiger partial charge in [-0.15, -0.1) is 0 Å². The monoisotopic (exact) mass is 248 g/mol. The summed E-state index contributed by atoms with van der Waals surface area (Å²) in [5.41, 5.74) is 0.787. The van der Waals surface area contributed by atoms with Crippen LogP contribution in [0.1, 0.15) is 15.9 Å². The number of amides is 1. The summed E-state index contributed by atoms with van der Waals surface area (Å²) in [5, 5.41) is 18.5. The van der Waals surface area contributed by atoms with E-state index in [9.17, 15) is 9.59 Å². The zero-order valence-electron chi connectivity index (χ0n) is 8.56. The summed E-state index contributed by atoms with van der Waals surface area (Å²) in [6.45, 7) is 0. The van der Waals surface area contributed by atoms with Crippen molar-refractivity contribution in [3.05, 3.63) is 40.3 Å². The van der Waals surface area contributed by atoms with Crippen LogP contribution in [0.5, 0.6) is 0 Å². The zero-order chi connectivity index (χ0) is 12.4. The van der Waals surface area contributed by atoms with Crippen LogP contribution >= 0.6 is 11.8 Å². The number of thioether (sulfide) groups is 1. The average molecular weight is 248 g/mol. The summed E-state index contributed by atoms with van der Waals surface area (Å²) in [4.78, 5) is 22.5. The van der Waals surface area contributed by atoms with Gasteiger partial charge in [0.25, 0.3) is 5.91 Å². The fourth-order valence-corrected chi connectivity index (χ4v) is 2.06. The minimum Gasteiger partial charge on any atom is -0.478 e. The molecule has 0 spiro atoms. The second-order valence-electron chi connectivity index (χ2n) is 3.32. The molecular formula is C11H8N2O3S. The van der Waals surface area contributed by atoms with Crippen molar-refractivity contribution in [1.82, 2.24) is 5.32 Å². The average Bonchev–Trinajstić information content (AvgIpc) is 2.58. The molecule has 1 aromatic carbocycles. The Balaban J connectivity index is 2.33. The number of rotatable bonds is 2. The number of benzene rings is 1. The molecule has 0 saturated carbocycles. The van der Waals surface area contributed by atoms with Crippen molar-refractivity contribution in [2.75, 3.05) is 0 Å². The number of carboxylic acids is 1. The fraction of sp³-hybridized carbons (Fsp3) is 0. The van der Waals surface area contributed by atoms with Gasteiger partial charge in [-0.1, -0.05) is 12.1 Å². The van der Waals surface area contributed by atoms with Crippen LogP contribution in [-0.2, 0) is 4.79 Å². The zero-order valence-corrected chi connectivity index (χ0v) is 9.38. The van der Waals surface area contributed by atoms with Crippen LogP contribution in [0.15, 0.2) is 29.2 Å². The molecule has 1 amide bonds. The number of hydrogen-bond acceptors (Lipinski definition) is 4. The highest BCUT2D eigenvalue weighted by Gasteiger charge is 2.22. The smallest absolute Gasteiger partial charge is 0.335 e. The van der Waals surface area contributed by atoms with Crippen LogP contribution in [0.25, 0.3) is 6.08 Å². The van der Waals surface area contributed by atoms with Crippen molar-refractivity contribution in [3.63, 3.8) is 0 Å². The van der Waals surface area contributed by atoms with E-state index >= 15 is 0 Å². The Hall–Kier alpha value is -2.08. The van der Waals surface area contributed by atoms with Gasteiger partial charge in [-0.05, 0) is 35.5 Å². The van der Waals surface area contributed by atoms with Gasteiger partial charge in [0.2, 0.25) is 0 Å². The van der Waals surface area contributed by atoms with Gasteiger partial charge in [-0.3, -0.25) is 10.2 Å². The Kier molecular flexibility index (Phi) is 2.97. The maximum absolute atomic E-state index is 11.4. The first-order chi connectivity index (χ1) is 8.06. The van der Waals surface area contributed by atoms with E-state index in [-0.39, 0.29) is 16.6 Å². The molecule has 0 unspecified atom stereocenters. The first kappa shape index (κ1) is 11.4. The largest absolute Gasteiger partial charge is 0.478 e. The van der Waals surface area contributed by atoms with Gasteiger partial charge < -0.3 is 10.4 Å². The molecule has 1 aromatic rings. The lowest BCUT2D eigenvalue weighted by molar-refractivity contribution is -0.115. The summed E-state index contributed by atoms with van der Waals surface area (Å²) in [7, 11) is 0. The standard InChI is InChI=1S/C11H8N2O3S/c12-11-13-9(14)8(17-11)5-6-2-1-3-7(4-6)10(15)16/h1-5H,(H,15,16)(H2,12,13,14)/b8-5+. The second-order valence-corrected chi connectivity index (χ2v) is 4.38. The summed E-state index contributed by atoms with van der Waals surface area (Å²) in [5.74, 6) is -1.35. The van der Waals surface area contributed by atoms with E-state index in [0.29, 0.717) is 10.5 Å². The fourth-order valence-electron chi connectivity index (χ4n) is 1.35. The molecule has 1 saturated heterocycles. The highest BCUT2D eigenvalue weighted by Crippen LogP contribution is 2.25. The lowest BCUT2D eigenvalue weighted by atomic mass is 10.1. The minimum atomic E-state index is -1.01. The SMILES string of the molecule is N=C1NC(=O)/C(=C\c2cccc(C(=O)O)c2)S1. The van der Waals surface area contributed by atoms with Gasteiger partial charge in [-0.25, -0.2) is 4.79 Å². The van der Waals surface area contributed by atoms with E-state index in [0.717, 1.165) is 11.8 Å². The molecule has 86 valence electrons. The van der Waals surface area contributed by atoms with E-state index in [2.05, 4.69) is 5.32 Å². The second kappa shape index (κ2) is 4.42. The molecule has 0 radical (unpaired) electrons. The Morgan fingerprint density at radius 1 is 1.47 bits per heavy atom. The molecule has 1 fully saturated rings. The third-order valence-electron chi connectivity index (χ3n) is 2.09. The molecule has 6 heteroatoms. The molecule has 2 rings (SSSR count). The van der Waals surface area contributed by atoms with Gasteiger partial charge >= 0.3 is 5.97 Å². The number of amidine groups is 1. The van der Waals surface area contributed by atoms with Crippen LogP contribution in [0.2, 0.25) is 0 Å². The van der Waals surface area contributed by atoms with E-state index < -0.39 is 5.97 Å². The van der Waals surface area contributed by atoms with Crippen molar-refractivity contribution < 1.29 is 14.7 Å². The normalized spacial score (nSPS) is 17.3. The third kappa shape index (κ3) is 2.54. The van der Waals surface area contributed by atoms with Crippen molar-refractivity contribution in [2.45, 2.75) is 0 Å². The quantitative estimate of drug-likeness (QED) is 0.692. The first-order valence-electron chi connectivity index (χ1n) is 4.69. The molecule has 0 bridgehead atoms. The number of carbonyl (C=O) groups is 2. The van der Waals surface area contributed by atoms with E-state index in [4.69, 9.17) is 10.5 Å². The van der Waals surface area contributed by atoms with E-state index in [1.54, 1.807) is 18.2 Å². The molecule has 1 heterocycles. The molecule has 0 aromatic heterocycles. The molecule has 3 N–H and O–H groups in total. The predicted octanol–water partition coefficient (Wildman–Crippen LogP) is 1.52. The number of carbonyl (C=O) groups excluding carboxylic acids is 1. The van der Waals surface area contributed by atoms with Gasteiger partial charge in [-0.2, -0.15) is 0 Å². The lowest BCUT2D eigenvalue weighted by Crippen LogP contribution is -2.18. The number of nitrogens with one attached hydrogen (secondary N) is 2. The molecule has 0 aliphatic carbocycles. The third-order valence-corrected chi connectivity index (χ3v) is 2.92. The van der Waals surface area contributed by atoms with Crippen molar-refractivity contribution in [1.29, 1.82) is 5.41 Å². The maximum atomic E-state index is 11.4. The summed E-state index contributed by atoms with van der Waals surface area (Å²) >= 11 is 1.02. The Labute approximate surface area is 101 Å². The highest BCUT2D eigenvalue weighted by atomic mass is 32.2. The predicted molar refractivity (Wildman–Crippen MR) is 64.8 cm³/mol. The van der Waals surface area contributed by atoms with E-state index in [1.807, 2.05) is 0 Å². The van der Waals surface area contributed by atoms with Gasteiger partial charge in [0.15, 0.2) is 5.17 Å². The first-order valence-corrected chi connectivity index (χ1v) is 5.51. The molecule has 17 heavy (non-hydrogen) atoms.